The fourth-order valence-corrected chi connectivity index (χ4v) is 4.57. The number of amides is 1. The van der Waals surface area contributed by atoms with Crippen molar-refractivity contribution in [2.45, 2.75) is 43.4 Å². The number of nitrogens with zero attached hydrogens (tertiary/aromatic N) is 1. The zero-order valence-electron chi connectivity index (χ0n) is 16.7. The predicted octanol–water partition coefficient (Wildman–Crippen LogP) is 3.22. The van der Waals surface area contributed by atoms with Crippen molar-refractivity contribution in [3.8, 4) is 5.75 Å². The summed E-state index contributed by atoms with van der Waals surface area (Å²) in [6.07, 6.45) is 7.00. The third kappa shape index (κ3) is 5.61. The molecule has 0 unspecified atom stereocenters. The minimum Gasteiger partial charge on any atom is -0.496 e. The molecule has 1 aliphatic heterocycles. The van der Waals surface area contributed by atoms with E-state index in [1.807, 2.05) is 6.07 Å². The molecule has 3 rings (SSSR count). The summed E-state index contributed by atoms with van der Waals surface area (Å²) in [4.78, 5) is 14.9. The first-order valence-electron chi connectivity index (χ1n) is 10.0. The van der Waals surface area contributed by atoms with Crippen molar-refractivity contribution in [2.24, 2.45) is 0 Å². The van der Waals surface area contributed by atoms with Gasteiger partial charge in [-0.2, -0.15) is 0 Å². The Morgan fingerprint density at radius 1 is 1.17 bits per heavy atom. The highest BCUT2D eigenvalue weighted by Gasteiger charge is 2.24. The number of methoxy groups -OCH3 is 1. The van der Waals surface area contributed by atoms with Crippen LogP contribution in [0, 0.1) is 0 Å². The number of carbonyl (C=O) groups excluding carboxylic acids is 1. The van der Waals surface area contributed by atoms with E-state index >= 15 is 0 Å². The van der Waals surface area contributed by atoms with Crippen molar-refractivity contribution < 1.29 is 22.4 Å². The predicted molar refractivity (Wildman–Crippen MR) is 110 cm³/mol. The summed E-state index contributed by atoms with van der Waals surface area (Å²) >= 11 is 0. The van der Waals surface area contributed by atoms with Gasteiger partial charge >= 0.3 is 0 Å². The molecule has 1 fully saturated rings. The molecule has 158 valence electrons. The van der Waals surface area contributed by atoms with E-state index in [-0.39, 0.29) is 22.9 Å². The maximum absolute atomic E-state index is 13.0. The lowest BCUT2D eigenvalue weighted by molar-refractivity contribution is 0.0758. The number of carbonyl (C=O) groups is 1. The molecule has 1 amide bonds. The zero-order valence-corrected chi connectivity index (χ0v) is 17.5. The number of furan rings is 1. The number of hydrogen-bond acceptors (Lipinski definition) is 5. The second kappa shape index (κ2) is 9.93. The molecule has 2 heterocycles. The summed E-state index contributed by atoms with van der Waals surface area (Å²) in [5.74, 6) is 1.02. The maximum atomic E-state index is 13.0. The van der Waals surface area contributed by atoms with Crippen LogP contribution in [-0.2, 0) is 16.4 Å². The molecule has 8 heteroatoms. The lowest BCUT2D eigenvalue weighted by atomic mass is 10.1. The van der Waals surface area contributed by atoms with E-state index in [0.717, 1.165) is 31.4 Å². The van der Waals surface area contributed by atoms with Crippen molar-refractivity contribution in [2.75, 3.05) is 26.7 Å². The molecule has 0 saturated carbocycles. The largest absolute Gasteiger partial charge is 0.496 e. The van der Waals surface area contributed by atoms with E-state index in [1.54, 1.807) is 23.3 Å². The van der Waals surface area contributed by atoms with Crippen molar-refractivity contribution >= 4 is 15.9 Å². The summed E-state index contributed by atoms with van der Waals surface area (Å²) in [6.45, 7) is 1.65. The van der Waals surface area contributed by atoms with Crippen LogP contribution < -0.4 is 9.46 Å². The fourth-order valence-electron chi connectivity index (χ4n) is 3.47. The Balaban J connectivity index is 1.71. The van der Waals surface area contributed by atoms with Gasteiger partial charge in [-0.1, -0.05) is 12.8 Å². The second-order valence-corrected chi connectivity index (χ2v) is 8.92. The normalized spacial score (nSPS) is 15.1. The van der Waals surface area contributed by atoms with Crippen molar-refractivity contribution in [3.63, 3.8) is 0 Å². The topological polar surface area (TPSA) is 88.9 Å². The van der Waals surface area contributed by atoms with Gasteiger partial charge in [-0.05, 0) is 49.6 Å². The molecule has 0 aliphatic carbocycles. The molecule has 1 saturated heterocycles. The number of ether oxygens (including phenoxy) is 1. The van der Waals surface area contributed by atoms with E-state index in [4.69, 9.17) is 9.15 Å². The first-order chi connectivity index (χ1) is 14.0. The number of sulfonamides is 1. The van der Waals surface area contributed by atoms with Gasteiger partial charge in [-0.25, -0.2) is 13.1 Å². The highest BCUT2D eigenvalue weighted by Crippen LogP contribution is 2.25. The van der Waals surface area contributed by atoms with E-state index in [0.29, 0.717) is 31.7 Å². The molecule has 1 aliphatic rings. The van der Waals surface area contributed by atoms with Crippen LogP contribution in [0.15, 0.2) is 45.9 Å². The SMILES string of the molecule is COc1ccc(S(=O)(=O)NCCCc2ccco2)cc1C(=O)N1CCCCCC1. The molecule has 0 atom stereocenters. The molecular weight excluding hydrogens is 392 g/mol. The first-order valence-corrected chi connectivity index (χ1v) is 11.5. The van der Waals surface area contributed by atoms with Crippen LogP contribution >= 0.6 is 0 Å². The van der Waals surface area contributed by atoms with Crippen LogP contribution in [0.2, 0.25) is 0 Å². The molecule has 7 nitrogen and oxygen atoms in total. The average molecular weight is 421 g/mol. The molecule has 1 aromatic carbocycles. The van der Waals surface area contributed by atoms with Crippen LogP contribution in [-0.4, -0.2) is 46.0 Å². The molecule has 1 N–H and O–H groups in total. The smallest absolute Gasteiger partial charge is 0.257 e. The van der Waals surface area contributed by atoms with Crippen LogP contribution in [0.4, 0.5) is 0 Å². The summed E-state index contributed by atoms with van der Waals surface area (Å²) < 4.78 is 38.6. The number of nitrogens with one attached hydrogen (secondary N) is 1. The Kier molecular flexibility index (Phi) is 7.33. The molecule has 0 spiro atoms. The Morgan fingerprint density at radius 3 is 2.59 bits per heavy atom. The molecule has 1 aromatic heterocycles. The quantitative estimate of drug-likeness (QED) is 0.663. The van der Waals surface area contributed by atoms with Crippen LogP contribution in [0.5, 0.6) is 5.75 Å². The van der Waals surface area contributed by atoms with Gasteiger partial charge in [0.15, 0.2) is 0 Å². The number of likely N-dealkylation sites (tertiary alicyclic amines) is 1. The lowest BCUT2D eigenvalue weighted by Crippen LogP contribution is -2.32. The Labute approximate surface area is 172 Å². The molecule has 2 aromatic rings. The maximum Gasteiger partial charge on any atom is 0.257 e. The Bertz CT molecular complexity index is 901. The fraction of sp³-hybridized carbons (Fsp3) is 0.476. The van der Waals surface area contributed by atoms with Gasteiger partial charge in [0.25, 0.3) is 5.91 Å². The van der Waals surface area contributed by atoms with Gasteiger partial charge < -0.3 is 14.1 Å². The summed E-state index contributed by atoms with van der Waals surface area (Å²) in [5.41, 5.74) is 0.285. The third-order valence-corrected chi connectivity index (χ3v) is 6.54. The monoisotopic (exact) mass is 420 g/mol. The number of hydrogen-bond donors (Lipinski definition) is 1. The van der Waals surface area contributed by atoms with Gasteiger partial charge in [0.1, 0.15) is 11.5 Å². The van der Waals surface area contributed by atoms with Gasteiger partial charge in [0.2, 0.25) is 10.0 Å². The third-order valence-electron chi connectivity index (χ3n) is 5.08. The highest BCUT2D eigenvalue weighted by molar-refractivity contribution is 7.89. The first kappa shape index (κ1) is 21.4. The van der Waals surface area contributed by atoms with Crippen LogP contribution in [0.25, 0.3) is 0 Å². The number of rotatable bonds is 8. The van der Waals surface area contributed by atoms with Crippen molar-refractivity contribution in [3.05, 3.63) is 47.9 Å². The highest BCUT2D eigenvalue weighted by atomic mass is 32.2. The molecule has 0 bridgehead atoms. The van der Waals surface area contributed by atoms with Crippen molar-refractivity contribution in [1.29, 1.82) is 0 Å². The van der Waals surface area contributed by atoms with Gasteiger partial charge in [-0.15, -0.1) is 0 Å². The van der Waals surface area contributed by atoms with Gasteiger partial charge in [0, 0.05) is 26.1 Å². The molecule has 29 heavy (non-hydrogen) atoms. The Hall–Kier alpha value is -2.32. The minimum absolute atomic E-state index is 0.0643. The number of aryl methyl sites for hydroxylation is 1. The summed E-state index contributed by atoms with van der Waals surface area (Å²) in [5, 5.41) is 0. The molecular formula is C21H28N2O5S. The lowest BCUT2D eigenvalue weighted by Gasteiger charge is -2.22. The Morgan fingerprint density at radius 2 is 1.93 bits per heavy atom. The van der Waals surface area contributed by atoms with Crippen molar-refractivity contribution in [1.82, 2.24) is 9.62 Å². The minimum atomic E-state index is -3.73. The second-order valence-electron chi connectivity index (χ2n) is 7.15. The van der Waals surface area contributed by atoms with Crippen LogP contribution in [0.3, 0.4) is 0 Å². The van der Waals surface area contributed by atoms with E-state index < -0.39 is 10.0 Å². The van der Waals surface area contributed by atoms with E-state index in [2.05, 4.69) is 4.72 Å². The zero-order chi connectivity index (χ0) is 20.7. The summed E-state index contributed by atoms with van der Waals surface area (Å²) in [6, 6.07) is 8.09. The van der Waals surface area contributed by atoms with E-state index in [9.17, 15) is 13.2 Å². The van der Waals surface area contributed by atoms with Gasteiger partial charge in [0.05, 0.1) is 23.8 Å². The van der Waals surface area contributed by atoms with Crippen LogP contribution in [0.1, 0.15) is 48.2 Å². The summed E-state index contributed by atoms with van der Waals surface area (Å²) in [7, 11) is -2.25. The standard InChI is InChI=1S/C21H28N2O5S/c1-27-20-11-10-18(16-19(20)21(24)23-13-4-2-3-5-14-23)29(25,26)22-12-6-8-17-9-7-15-28-17/h7,9-11,15-16,22H,2-6,8,12-14H2,1H3. The van der Waals surface area contributed by atoms with E-state index in [1.165, 1.54) is 19.2 Å². The number of benzene rings is 1. The van der Waals surface area contributed by atoms with Gasteiger partial charge in [-0.3, -0.25) is 4.79 Å². The molecule has 0 radical (unpaired) electrons. The average Bonchev–Trinajstić information content (AvgIpc) is 3.10.